The topological polar surface area (TPSA) is 72.9 Å². The SMILES string of the molecule is O=C(C1=C(c2ccccc2)S(=O)(=O)CCO1)N(Cc1ccc(F)cc1)CC1CCCO1. The van der Waals surface area contributed by atoms with Crippen molar-refractivity contribution in [1.29, 1.82) is 0 Å². The molecule has 4 rings (SSSR count). The molecule has 2 aliphatic heterocycles. The van der Waals surface area contributed by atoms with E-state index in [0.717, 1.165) is 18.4 Å². The zero-order valence-corrected chi connectivity index (χ0v) is 17.8. The summed E-state index contributed by atoms with van der Waals surface area (Å²) in [5.74, 6) is -1.23. The third-order valence-corrected chi connectivity index (χ3v) is 7.12. The molecule has 2 aromatic carbocycles. The molecule has 2 aliphatic rings. The highest BCUT2D eigenvalue weighted by molar-refractivity contribution is 8.00. The van der Waals surface area contributed by atoms with E-state index < -0.39 is 15.7 Å². The Labute approximate surface area is 181 Å². The van der Waals surface area contributed by atoms with Crippen LogP contribution in [0.3, 0.4) is 0 Å². The molecule has 1 fully saturated rings. The molecule has 1 amide bonds. The number of amides is 1. The van der Waals surface area contributed by atoms with Crippen LogP contribution in [0.25, 0.3) is 4.91 Å². The second-order valence-electron chi connectivity index (χ2n) is 7.64. The summed E-state index contributed by atoms with van der Waals surface area (Å²) in [7, 11) is -3.68. The number of nitrogens with zero attached hydrogens (tertiary/aromatic N) is 1. The molecule has 0 radical (unpaired) electrons. The maximum atomic E-state index is 13.6. The first-order chi connectivity index (χ1) is 14.9. The Hall–Kier alpha value is -2.71. The number of benzene rings is 2. The average molecular weight is 446 g/mol. The summed E-state index contributed by atoms with van der Waals surface area (Å²) in [6, 6.07) is 14.4. The number of hydrogen-bond acceptors (Lipinski definition) is 5. The van der Waals surface area contributed by atoms with Gasteiger partial charge in [0, 0.05) is 19.7 Å². The highest BCUT2D eigenvalue weighted by Crippen LogP contribution is 2.31. The number of rotatable bonds is 6. The molecule has 8 heteroatoms. The van der Waals surface area contributed by atoms with Gasteiger partial charge in [-0.2, -0.15) is 0 Å². The van der Waals surface area contributed by atoms with Crippen LogP contribution in [0.4, 0.5) is 4.39 Å². The van der Waals surface area contributed by atoms with Gasteiger partial charge in [0.25, 0.3) is 5.91 Å². The van der Waals surface area contributed by atoms with Gasteiger partial charge in [-0.05, 0) is 36.1 Å². The summed E-state index contributed by atoms with van der Waals surface area (Å²) >= 11 is 0. The van der Waals surface area contributed by atoms with Crippen LogP contribution in [0.5, 0.6) is 0 Å². The third-order valence-electron chi connectivity index (χ3n) is 5.37. The molecule has 6 nitrogen and oxygen atoms in total. The normalized spacial score (nSPS) is 20.4. The first-order valence-corrected chi connectivity index (χ1v) is 11.9. The number of carbonyl (C=O) groups excluding carboxylic acids is 1. The van der Waals surface area contributed by atoms with Crippen LogP contribution in [-0.4, -0.2) is 50.8 Å². The summed E-state index contributed by atoms with van der Waals surface area (Å²) in [5.41, 5.74) is 1.15. The van der Waals surface area contributed by atoms with E-state index in [9.17, 15) is 17.6 Å². The van der Waals surface area contributed by atoms with Crippen LogP contribution in [-0.2, 0) is 30.7 Å². The van der Waals surface area contributed by atoms with Crippen LogP contribution >= 0.6 is 0 Å². The van der Waals surface area contributed by atoms with E-state index in [-0.39, 0.29) is 41.5 Å². The first-order valence-electron chi connectivity index (χ1n) is 10.2. The predicted molar refractivity (Wildman–Crippen MR) is 114 cm³/mol. The second kappa shape index (κ2) is 9.20. The van der Waals surface area contributed by atoms with E-state index in [1.807, 2.05) is 0 Å². The van der Waals surface area contributed by atoms with Crippen molar-refractivity contribution in [2.45, 2.75) is 25.5 Å². The van der Waals surface area contributed by atoms with Gasteiger partial charge in [0.2, 0.25) is 5.76 Å². The molecule has 0 aromatic heterocycles. The molecule has 0 spiro atoms. The minimum Gasteiger partial charge on any atom is -0.486 e. The number of sulfone groups is 1. The zero-order valence-electron chi connectivity index (χ0n) is 17.0. The van der Waals surface area contributed by atoms with Crippen molar-refractivity contribution in [3.8, 4) is 0 Å². The molecular formula is C23H24FNO5S. The van der Waals surface area contributed by atoms with E-state index in [1.165, 1.54) is 17.0 Å². The quantitative estimate of drug-likeness (QED) is 0.683. The lowest BCUT2D eigenvalue weighted by Crippen LogP contribution is -2.40. The summed E-state index contributed by atoms with van der Waals surface area (Å²) in [5, 5.41) is 0. The lowest BCUT2D eigenvalue weighted by Gasteiger charge is -2.29. The molecule has 1 saturated heterocycles. The molecular weight excluding hydrogens is 421 g/mol. The highest BCUT2D eigenvalue weighted by Gasteiger charge is 2.36. The van der Waals surface area contributed by atoms with Crippen LogP contribution in [0.15, 0.2) is 60.4 Å². The van der Waals surface area contributed by atoms with Gasteiger partial charge in [0.05, 0.1) is 11.9 Å². The Morgan fingerprint density at radius 1 is 1.06 bits per heavy atom. The van der Waals surface area contributed by atoms with Crippen molar-refractivity contribution in [2.24, 2.45) is 0 Å². The number of ether oxygens (including phenoxy) is 2. The van der Waals surface area contributed by atoms with E-state index in [4.69, 9.17) is 9.47 Å². The molecule has 0 saturated carbocycles. The Morgan fingerprint density at radius 3 is 2.48 bits per heavy atom. The summed E-state index contributed by atoms with van der Waals surface area (Å²) < 4.78 is 50.5. The number of carbonyl (C=O) groups is 1. The fourth-order valence-corrected chi connectivity index (χ4v) is 5.26. The van der Waals surface area contributed by atoms with Crippen LogP contribution in [0, 0.1) is 5.82 Å². The van der Waals surface area contributed by atoms with Gasteiger partial charge in [0.1, 0.15) is 17.3 Å². The standard InChI is InChI=1S/C23H24FNO5S/c24-19-10-8-17(9-11-19)15-25(16-20-7-4-12-29-20)23(26)21-22(18-5-2-1-3-6-18)31(27,28)14-13-30-21/h1-3,5-6,8-11,20H,4,7,12-16H2. The van der Waals surface area contributed by atoms with Gasteiger partial charge in [-0.1, -0.05) is 42.5 Å². The van der Waals surface area contributed by atoms with Crippen LogP contribution in [0.1, 0.15) is 24.0 Å². The Morgan fingerprint density at radius 2 is 1.81 bits per heavy atom. The Kier molecular flexibility index (Phi) is 6.38. The lowest BCUT2D eigenvalue weighted by molar-refractivity contribution is -0.133. The summed E-state index contributed by atoms with van der Waals surface area (Å²) in [4.78, 5) is 15.0. The van der Waals surface area contributed by atoms with Crippen molar-refractivity contribution in [1.82, 2.24) is 4.90 Å². The van der Waals surface area contributed by atoms with Crippen molar-refractivity contribution >= 4 is 20.6 Å². The molecule has 1 atom stereocenters. The smallest absolute Gasteiger partial charge is 0.290 e. The minimum absolute atomic E-state index is 0.0793. The largest absolute Gasteiger partial charge is 0.486 e. The van der Waals surface area contributed by atoms with Crippen molar-refractivity contribution in [2.75, 3.05) is 25.5 Å². The first kappa shape index (κ1) is 21.5. The Bertz CT molecular complexity index is 1060. The van der Waals surface area contributed by atoms with Gasteiger partial charge in [0.15, 0.2) is 9.84 Å². The van der Waals surface area contributed by atoms with Gasteiger partial charge < -0.3 is 14.4 Å². The zero-order chi connectivity index (χ0) is 21.8. The summed E-state index contributed by atoms with van der Waals surface area (Å²) in [6.07, 6.45) is 1.59. The number of hydrogen-bond donors (Lipinski definition) is 0. The van der Waals surface area contributed by atoms with E-state index in [2.05, 4.69) is 0 Å². The van der Waals surface area contributed by atoms with Gasteiger partial charge in [-0.3, -0.25) is 4.79 Å². The molecule has 0 N–H and O–H groups in total. The van der Waals surface area contributed by atoms with Crippen molar-refractivity contribution in [3.63, 3.8) is 0 Å². The molecule has 0 aliphatic carbocycles. The highest BCUT2D eigenvalue weighted by atomic mass is 32.2. The van der Waals surface area contributed by atoms with Gasteiger partial charge >= 0.3 is 0 Å². The minimum atomic E-state index is -3.68. The fourth-order valence-electron chi connectivity index (χ4n) is 3.83. The van der Waals surface area contributed by atoms with Crippen LogP contribution in [0.2, 0.25) is 0 Å². The monoisotopic (exact) mass is 445 g/mol. The Balaban J connectivity index is 1.72. The van der Waals surface area contributed by atoms with Gasteiger partial charge in [-0.25, -0.2) is 12.8 Å². The average Bonchev–Trinajstić information content (AvgIpc) is 3.27. The molecule has 1 unspecified atom stereocenters. The maximum absolute atomic E-state index is 13.6. The van der Waals surface area contributed by atoms with E-state index >= 15 is 0 Å². The molecule has 2 heterocycles. The van der Waals surface area contributed by atoms with E-state index in [1.54, 1.807) is 42.5 Å². The molecule has 164 valence electrons. The number of halogens is 1. The fraction of sp³-hybridized carbons (Fsp3) is 0.348. The molecule has 2 aromatic rings. The van der Waals surface area contributed by atoms with Crippen LogP contribution < -0.4 is 0 Å². The van der Waals surface area contributed by atoms with E-state index in [0.29, 0.717) is 18.7 Å². The summed E-state index contributed by atoms with van der Waals surface area (Å²) in [6.45, 7) is 1.04. The maximum Gasteiger partial charge on any atom is 0.290 e. The van der Waals surface area contributed by atoms with Gasteiger partial charge in [-0.15, -0.1) is 0 Å². The van der Waals surface area contributed by atoms with Crippen molar-refractivity contribution < 1.29 is 27.1 Å². The predicted octanol–water partition coefficient (Wildman–Crippen LogP) is 3.15. The molecule has 0 bridgehead atoms. The van der Waals surface area contributed by atoms with Crippen molar-refractivity contribution in [3.05, 3.63) is 77.3 Å². The third kappa shape index (κ3) is 4.97. The second-order valence-corrected chi connectivity index (χ2v) is 9.68. The molecule has 31 heavy (non-hydrogen) atoms. The lowest BCUT2D eigenvalue weighted by atomic mass is 10.1.